The van der Waals surface area contributed by atoms with Crippen molar-refractivity contribution in [1.29, 1.82) is 0 Å². The van der Waals surface area contributed by atoms with E-state index in [9.17, 15) is 4.79 Å². The Morgan fingerprint density at radius 1 is 1.15 bits per heavy atom. The van der Waals surface area contributed by atoms with E-state index in [0.29, 0.717) is 19.5 Å². The van der Waals surface area contributed by atoms with E-state index in [-0.39, 0.29) is 11.9 Å². The predicted molar refractivity (Wildman–Crippen MR) is 97.8 cm³/mol. The predicted octanol–water partition coefficient (Wildman–Crippen LogP) is 2.58. The van der Waals surface area contributed by atoms with Crippen LogP contribution in [0.4, 0.5) is 0 Å². The Morgan fingerprint density at radius 3 is 2.73 bits per heavy atom. The average Bonchev–Trinajstić information content (AvgIpc) is 3.11. The fourth-order valence-corrected chi connectivity index (χ4v) is 3.09. The summed E-state index contributed by atoms with van der Waals surface area (Å²) in [5, 5.41) is 8.47. The van der Waals surface area contributed by atoms with Crippen molar-refractivity contribution < 1.29 is 9.53 Å². The second-order valence-corrected chi connectivity index (χ2v) is 6.43. The molecule has 4 rings (SSSR count). The van der Waals surface area contributed by atoms with Crippen molar-refractivity contribution >= 4 is 5.91 Å². The van der Waals surface area contributed by atoms with Crippen LogP contribution in [0.2, 0.25) is 0 Å². The molecule has 1 aliphatic rings. The zero-order chi connectivity index (χ0) is 17.9. The lowest BCUT2D eigenvalue weighted by Crippen LogP contribution is -2.51. The van der Waals surface area contributed by atoms with Gasteiger partial charge in [0.25, 0.3) is 0 Å². The Hall–Kier alpha value is -3.15. The number of carbonyl (C=O) groups excluding carboxylic acids is 1. The maximum absolute atomic E-state index is 12.4. The number of amides is 1. The Morgan fingerprint density at radius 2 is 1.96 bits per heavy atom. The van der Waals surface area contributed by atoms with E-state index >= 15 is 0 Å². The van der Waals surface area contributed by atoms with Gasteiger partial charge in [-0.25, -0.2) is 4.68 Å². The van der Waals surface area contributed by atoms with Crippen LogP contribution in [0.25, 0.3) is 11.3 Å². The lowest BCUT2D eigenvalue weighted by Gasteiger charge is -2.39. The number of carbonyl (C=O) groups is 1. The molecule has 3 aromatic rings. The topological polar surface area (TPSA) is 60.2 Å². The number of hydrogen-bond donors (Lipinski definition) is 0. The monoisotopic (exact) mass is 348 g/mol. The molecule has 1 fully saturated rings. The Bertz CT molecular complexity index is 901. The molecule has 132 valence electrons. The summed E-state index contributed by atoms with van der Waals surface area (Å²) in [5.41, 5.74) is 2.86. The SMILES string of the molecule is COc1cccc(CC(=O)N2CC(n3cc(-c4ccccc4)nn3)C2)c1. The van der Waals surface area contributed by atoms with Gasteiger partial charge in [0.1, 0.15) is 11.4 Å². The summed E-state index contributed by atoms with van der Waals surface area (Å²) in [6, 6.07) is 17.8. The minimum atomic E-state index is 0.123. The van der Waals surface area contributed by atoms with E-state index in [1.807, 2.05) is 70.4 Å². The number of likely N-dealkylation sites (tertiary alicyclic amines) is 1. The molecule has 0 spiro atoms. The molecule has 2 heterocycles. The van der Waals surface area contributed by atoms with E-state index in [1.165, 1.54) is 0 Å². The second kappa shape index (κ2) is 7.00. The Balaban J connectivity index is 1.35. The van der Waals surface area contributed by atoms with Crippen molar-refractivity contribution in [1.82, 2.24) is 19.9 Å². The standard InChI is InChI=1S/C20H20N4O2/c1-26-18-9-5-6-15(10-18)11-20(25)23-12-17(13-23)24-14-19(21-22-24)16-7-3-2-4-8-16/h2-10,14,17H,11-13H2,1H3. The van der Waals surface area contributed by atoms with Gasteiger partial charge in [0.2, 0.25) is 5.91 Å². The molecule has 1 saturated heterocycles. The largest absolute Gasteiger partial charge is 0.497 e. The summed E-state index contributed by atoms with van der Waals surface area (Å²) in [6.45, 7) is 1.33. The first kappa shape index (κ1) is 16.3. The van der Waals surface area contributed by atoms with Gasteiger partial charge >= 0.3 is 0 Å². The molecular weight excluding hydrogens is 328 g/mol. The molecule has 1 aliphatic heterocycles. The molecule has 0 unspecified atom stereocenters. The summed E-state index contributed by atoms with van der Waals surface area (Å²) >= 11 is 0. The minimum Gasteiger partial charge on any atom is -0.497 e. The maximum Gasteiger partial charge on any atom is 0.227 e. The lowest BCUT2D eigenvalue weighted by molar-refractivity contribution is -0.136. The number of hydrogen-bond acceptors (Lipinski definition) is 4. The fourth-order valence-electron chi connectivity index (χ4n) is 3.09. The van der Waals surface area contributed by atoms with E-state index in [1.54, 1.807) is 7.11 Å². The summed E-state index contributed by atoms with van der Waals surface area (Å²) < 4.78 is 7.07. The first-order chi connectivity index (χ1) is 12.7. The molecule has 0 bridgehead atoms. The fraction of sp³-hybridized carbons (Fsp3) is 0.250. The van der Waals surface area contributed by atoms with Gasteiger partial charge in [-0.15, -0.1) is 5.10 Å². The molecule has 6 nitrogen and oxygen atoms in total. The van der Waals surface area contributed by atoms with Gasteiger partial charge in [0, 0.05) is 18.7 Å². The first-order valence-corrected chi connectivity index (χ1v) is 8.61. The lowest BCUT2D eigenvalue weighted by atomic mass is 10.1. The quantitative estimate of drug-likeness (QED) is 0.711. The summed E-state index contributed by atoms with van der Waals surface area (Å²) in [5.74, 6) is 0.894. The van der Waals surface area contributed by atoms with Crippen molar-refractivity contribution in [3.63, 3.8) is 0 Å². The molecule has 26 heavy (non-hydrogen) atoms. The summed E-state index contributed by atoms with van der Waals surface area (Å²) in [4.78, 5) is 14.3. The molecule has 2 aromatic carbocycles. The molecule has 0 radical (unpaired) electrons. The van der Waals surface area contributed by atoms with Crippen LogP contribution in [-0.2, 0) is 11.2 Å². The van der Waals surface area contributed by atoms with Crippen molar-refractivity contribution in [3.05, 3.63) is 66.4 Å². The van der Waals surface area contributed by atoms with E-state index < -0.39 is 0 Å². The van der Waals surface area contributed by atoms with Gasteiger partial charge in [0.05, 0.1) is 25.8 Å². The van der Waals surface area contributed by atoms with Gasteiger partial charge in [0.15, 0.2) is 0 Å². The van der Waals surface area contributed by atoms with Crippen LogP contribution >= 0.6 is 0 Å². The highest BCUT2D eigenvalue weighted by Crippen LogP contribution is 2.24. The Labute approximate surface area is 152 Å². The van der Waals surface area contributed by atoms with Crippen LogP contribution in [0, 0.1) is 0 Å². The van der Waals surface area contributed by atoms with E-state index in [2.05, 4.69) is 10.3 Å². The molecule has 0 N–H and O–H groups in total. The van der Waals surface area contributed by atoms with Crippen molar-refractivity contribution in [3.8, 4) is 17.0 Å². The van der Waals surface area contributed by atoms with Gasteiger partial charge in [-0.05, 0) is 17.7 Å². The molecule has 0 saturated carbocycles. The van der Waals surface area contributed by atoms with Crippen LogP contribution in [0.3, 0.4) is 0 Å². The zero-order valence-corrected chi connectivity index (χ0v) is 14.6. The van der Waals surface area contributed by atoms with Gasteiger partial charge < -0.3 is 9.64 Å². The number of benzene rings is 2. The molecule has 0 aliphatic carbocycles. The van der Waals surface area contributed by atoms with Crippen LogP contribution in [0.5, 0.6) is 5.75 Å². The highest BCUT2D eigenvalue weighted by atomic mass is 16.5. The molecule has 0 atom stereocenters. The molecular formula is C20H20N4O2. The molecule has 6 heteroatoms. The second-order valence-electron chi connectivity index (χ2n) is 6.43. The number of methoxy groups -OCH3 is 1. The van der Waals surface area contributed by atoms with Crippen LogP contribution in [-0.4, -0.2) is 46.0 Å². The van der Waals surface area contributed by atoms with Gasteiger partial charge in [-0.1, -0.05) is 47.7 Å². The molecule has 1 amide bonds. The number of aromatic nitrogens is 3. The highest BCUT2D eigenvalue weighted by molar-refractivity contribution is 5.79. The van der Waals surface area contributed by atoms with Crippen LogP contribution in [0.15, 0.2) is 60.8 Å². The van der Waals surface area contributed by atoms with Crippen molar-refractivity contribution in [2.45, 2.75) is 12.5 Å². The normalized spacial score (nSPS) is 14.1. The zero-order valence-electron chi connectivity index (χ0n) is 14.6. The number of rotatable bonds is 5. The maximum atomic E-state index is 12.4. The third kappa shape index (κ3) is 3.31. The van der Waals surface area contributed by atoms with Crippen molar-refractivity contribution in [2.75, 3.05) is 20.2 Å². The minimum absolute atomic E-state index is 0.123. The summed E-state index contributed by atoms with van der Waals surface area (Å²) in [7, 11) is 1.63. The third-order valence-electron chi connectivity index (χ3n) is 4.66. The van der Waals surface area contributed by atoms with Crippen LogP contribution < -0.4 is 4.74 Å². The van der Waals surface area contributed by atoms with Crippen molar-refractivity contribution in [2.24, 2.45) is 0 Å². The van der Waals surface area contributed by atoms with E-state index in [0.717, 1.165) is 22.6 Å². The summed E-state index contributed by atoms with van der Waals surface area (Å²) in [6.07, 6.45) is 2.33. The Kier molecular flexibility index (Phi) is 4.39. The third-order valence-corrected chi connectivity index (χ3v) is 4.66. The van der Waals surface area contributed by atoms with E-state index in [4.69, 9.17) is 4.74 Å². The average molecular weight is 348 g/mol. The highest BCUT2D eigenvalue weighted by Gasteiger charge is 2.32. The number of ether oxygens (including phenoxy) is 1. The van der Waals surface area contributed by atoms with Gasteiger partial charge in [-0.3, -0.25) is 4.79 Å². The number of nitrogens with zero attached hydrogens (tertiary/aromatic N) is 4. The van der Waals surface area contributed by atoms with Crippen LogP contribution in [0.1, 0.15) is 11.6 Å². The molecule has 1 aromatic heterocycles. The smallest absolute Gasteiger partial charge is 0.227 e. The first-order valence-electron chi connectivity index (χ1n) is 8.61. The van der Waals surface area contributed by atoms with Gasteiger partial charge in [-0.2, -0.15) is 0 Å².